The van der Waals surface area contributed by atoms with E-state index in [0.29, 0.717) is 54.7 Å². The number of carbonyl (C=O) groups excluding carboxylic acids is 3. The summed E-state index contributed by atoms with van der Waals surface area (Å²) in [5.74, 6) is -2.43. The Morgan fingerprint density at radius 3 is 2.52 bits per heavy atom. The quantitative estimate of drug-likeness (QED) is 0.116. The first-order valence-electron chi connectivity index (χ1n) is 17.7. The molecule has 292 valence electrons. The number of thiocarbonyl (C=S) groups is 1. The van der Waals surface area contributed by atoms with Crippen molar-refractivity contribution in [3.8, 4) is 11.8 Å². The highest BCUT2D eigenvalue weighted by Crippen LogP contribution is 2.42. The van der Waals surface area contributed by atoms with Crippen molar-refractivity contribution in [3.05, 3.63) is 77.2 Å². The van der Waals surface area contributed by atoms with Crippen LogP contribution >= 0.6 is 12.2 Å². The number of likely N-dealkylation sites (tertiary alicyclic amines) is 1. The van der Waals surface area contributed by atoms with Crippen molar-refractivity contribution in [2.75, 3.05) is 34.8 Å². The van der Waals surface area contributed by atoms with Crippen LogP contribution in [0.15, 0.2) is 59.1 Å². The van der Waals surface area contributed by atoms with E-state index in [0.717, 1.165) is 17.0 Å². The number of ether oxygens (including phenoxy) is 1. The summed E-state index contributed by atoms with van der Waals surface area (Å²) in [6.07, 6.45) is -5.10. The lowest BCUT2D eigenvalue weighted by atomic mass is 9.93. The summed E-state index contributed by atoms with van der Waals surface area (Å²) in [6, 6.07) is 13.7. The molecule has 3 amide bonds. The average molecular weight is 794 g/mol. The summed E-state index contributed by atoms with van der Waals surface area (Å²) in [7, 11) is 0. The predicted molar refractivity (Wildman–Crippen MR) is 198 cm³/mol. The Morgan fingerprint density at radius 2 is 1.84 bits per heavy atom. The van der Waals surface area contributed by atoms with Crippen LogP contribution in [0.4, 0.5) is 34.6 Å². The third kappa shape index (κ3) is 7.36. The van der Waals surface area contributed by atoms with Crippen molar-refractivity contribution in [3.63, 3.8) is 0 Å². The third-order valence-corrected chi connectivity index (χ3v) is 10.7. The number of carbonyl (C=O) groups is 3. The normalized spacial score (nSPS) is 20.6. The van der Waals surface area contributed by atoms with E-state index in [1.807, 2.05) is 4.90 Å². The summed E-state index contributed by atoms with van der Waals surface area (Å²) in [6.45, 7) is 4.31. The number of anilines is 3. The van der Waals surface area contributed by atoms with Gasteiger partial charge in [0.25, 0.3) is 0 Å². The molecule has 1 aromatic heterocycles. The molecule has 3 saturated heterocycles. The number of hydrogen-bond donors (Lipinski definition) is 3. The van der Waals surface area contributed by atoms with Gasteiger partial charge in [0.05, 0.1) is 35.2 Å². The number of fused-ring (bicyclic) bond motifs is 1. The Balaban J connectivity index is 0.954. The Hall–Kier alpha value is -5.64. The molecule has 0 bridgehead atoms. The van der Waals surface area contributed by atoms with E-state index in [9.17, 15) is 37.9 Å². The number of rotatable bonds is 8. The maximum atomic E-state index is 15.6. The molecule has 3 aliphatic heterocycles. The van der Waals surface area contributed by atoms with Crippen molar-refractivity contribution < 1.29 is 46.3 Å². The Bertz CT molecular complexity index is 2280. The lowest BCUT2D eigenvalue weighted by Gasteiger charge is -2.33. The molecule has 56 heavy (non-hydrogen) atoms. The third-order valence-electron chi connectivity index (χ3n) is 10.3. The zero-order valence-electron chi connectivity index (χ0n) is 30.0. The monoisotopic (exact) mass is 793 g/mol. The largest absolute Gasteiger partial charge is 0.487 e. The molecule has 0 saturated carbocycles. The highest BCUT2D eigenvalue weighted by Gasteiger charge is 2.50. The van der Waals surface area contributed by atoms with Crippen LogP contribution in [0.3, 0.4) is 0 Å². The zero-order valence-corrected chi connectivity index (χ0v) is 30.8. The van der Waals surface area contributed by atoms with E-state index in [1.54, 1.807) is 38.1 Å². The number of piperidine rings is 2. The maximum absolute atomic E-state index is 15.6. The molecule has 2 atom stereocenters. The minimum Gasteiger partial charge on any atom is -0.487 e. The minimum atomic E-state index is -4.82. The van der Waals surface area contributed by atoms with Crippen molar-refractivity contribution in [1.29, 1.82) is 5.26 Å². The summed E-state index contributed by atoms with van der Waals surface area (Å²) in [5.41, 5.74) is -1.47. The molecule has 0 aliphatic carbocycles. The number of imide groups is 1. The molecular formula is C38H35F4N7O6S. The van der Waals surface area contributed by atoms with Gasteiger partial charge in [-0.15, -0.1) is 0 Å². The minimum absolute atomic E-state index is 0.0204. The number of nitrogens with zero attached hydrogens (tertiary/aromatic N) is 5. The summed E-state index contributed by atoms with van der Waals surface area (Å²) < 4.78 is 68.1. The fourth-order valence-electron chi connectivity index (χ4n) is 7.33. The number of aliphatic hydroxyl groups is 1. The Morgan fingerprint density at radius 1 is 1.11 bits per heavy atom. The van der Waals surface area contributed by atoms with E-state index in [-0.39, 0.29) is 53.1 Å². The molecular weight excluding hydrogens is 759 g/mol. The van der Waals surface area contributed by atoms with Crippen LogP contribution < -0.4 is 25.2 Å². The van der Waals surface area contributed by atoms with E-state index in [4.69, 9.17) is 21.5 Å². The van der Waals surface area contributed by atoms with Crippen LogP contribution in [0, 0.1) is 17.1 Å². The molecule has 0 spiro atoms. The highest BCUT2D eigenvalue weighted by atomic mass is 32.1. The second kappa shape index (κ2) is 14.8. The van der Waals surface area contributed by atoms with Gasteiger partial charge in [0.1, 0.15) is 11.8 Å². The van der Waals surface area contributed by atoms with Crippen LogP contribution in [0.2, 0.25) is 0 Å². The van der Waals surface area contributed by atoms with E-state index >= 15 is 4.39 Å². The van der Waals surface area contributed by atoms with Crippen LogP contribution in [-0.4, -0.2) is 75.5 Å². The fraction of sp³-hybridized carbons (Fsp3) is 0.368. The summed E-state index contributed by atoms with van der Waals surface area (Å²) >= 11 is 5.62. The number of benzene rings is 3. The smallest absolute Gasteiger partial charge is 0.417 e. The molecule has 4 aromatic rings. The van der Waals surface area contributed by atoms with Crippen molar-refractivity contribution >= 4 is 63.1 Å². The maximum Gasteiger partial charge on any atom is 0.417 e. The van der Waals surface area contributed by atoms with Crippen LogP contribution in [0.25, 0.3) is 11.0 Å². The van der Waals surface area contributed by atoms with Gasteiger partial charge in [0.15, 0.2) is 28.5 Å². The van der Waals surface area contributed by atoms with Gasteiger partial charge < -0.3 is 24.6 Å². The number of halogens is 4. The molecule has 3 aliphatic rings. The van der Waals surface area contributed by atoms with Gasteiger partial charge in [-0.3, -0.25) is 29.5 Å². The van der Waals surface area contributed by atoms with Crippen molar-refractivity contribution in [2.24, 2.45) is 0 Å². The number of nitrogens with one attached hydrogen (secondary N) is 2. The van der Waals surface area contributed by atoms with E-state index in [2.05, 4.69) is 15.8 Å². The van der Waals surface area contributed by atoms with Gasteiger partial charge in [-0.25, -0.2) is 4.39 Å². The van der Waals surface area contributed by atoms with Crippen molar-refractivity contribution in [1.82, 2.24) is 15.4 Å². The molecule has 3 aromatic carbocycles. The number of nitriles is 1. The fourth-order valence-corrected chi connectivity index (χ4v) is 7.88. The predicted octanol–water partition coefficient (Wildman–Crippen LogP) is 5.57. The molecule has 3 fully saturated rings. The molecule has 18 heteroatoms. The van der Waals surface area contributed by atoms with E-state index in [1.165, 1.54) is 29.2 Å². The Labute approximate surface area is 322 Å². The second-order valence-electron chi connectivity index (χ2n) is 14.4. The average Bonchev–Trinajstić information content (AvgIpc) is 3.63. The van der Waals surface area contributed by atoms with Gasteiger partial charge in [0, 0.05) is 48.0 Å². The Kier molecular flexibility index (Phi) is 10.2. The van der Waals surface area contributed by atoms with Gasteiger partial charge >= 0.3 is 6.18 Å². The first-order chi connectivity index (χ1) is 26.5. The standard InChI is InChI=1S/C38H35F4N7O6S/c1-37(2)35(53)48(22-5-3-20(18-43)27(16-22)38(40,41)42)36(56)49(37)23-6-9-30(28(39)17-23)54-24-11-13-47(14-12-24)19-32(51)44-21-4-8-29-26(15-21)33(46-55-29)25-7-10-31(50)45-34(25)52/h3-6,8-9,15-17,24-25,35,53H,7,10-14,19H2,1-2H3,(H,44,51)(H,45,50,52). The molecule has 4 heterocycles. The summed E-state index contributed by atoms with van der Waals surface area (Å²) in [4.78, 5) is 41.5. The number of aliphatic hydroxyl groups excluding tert-OH is 1. The number of amides is 3. The zero-order chi connectivity index (χ0) is 40.1. The SMILES string of the molecule is CC1(C)C(O)N(c2ccc(C#N)c(C(F)(F)F)c2)C(=S)N1c1ccc(OC2CCN(CC(=O)Nc3ccc4onc(C5CCC(=O)NC5=O)c4c3)CC2)c(F)c1. The van der Waals surface area contributed by atoms with Gasteiger partial charge in [-0.1, -0.05) is 5.16 Å². The number of aromatic nitrogens is 1. The van der Waals surface area contributed by atoms with Crippen LogP contribution in [-0.2, 0) is 20.6 Å². The van der Waals surface area contributed by atoms with Crippen molar-refractivity contribution in [2.45, 2.75) is 69.5 Å². The van der Waals surface area contributed by atoms with E-state index < -0.39 is 46.7 Å². The molecule has 2 unspecified atom stereocenters. The number of hydrogen-bond acceptors (Lipinski definition) is 10. The first kappa shape index (κ1) is 38.6. The van der Waals surface area contributed by atoms with Gasteiger partial charge in [-0.2, -0.15) is 18.4 Å². The second-order valence-corrected chi connectivity index (χ2v) is 14.8. The van der Waals surface area contributed by atoms with Gasteiger partial charge in [0.2, 0.25) is 17.7 Å². The summed E-state index contributed by atoms with van der Waals surface area (Å²) in [5, 5.41) is 30.2. The molecule has 3 N–H and O–H groups in total. The molecule has 7 rings (SSSR count). The van der Waals surface area contributed by atoms with Crippen LogP contribution in [0.1, 0.15) is 62.3 Å². The molecule has 13 nitrogen and oxygen atoms in total. The lowest BCUT2D eigenvalue weighted by Crippen LogP contribution is -2.47. The highest BCUT2D eigenvalue weighted by molar-refractivity contribution is 7.80. The lowest BCUT2D eigenvalue weighted by molar-refractivity contribution is -0.138. The van der Waals surface area contributed by atoms with Crippen LogP contribution in [0.5, 0.6) is 5.75 Å². The first-order valence-corrected chi connectivity index (χ1v) is 18.1. The topological polar surface area (TPSA) is 164 Å². The number of alkyl halides is 3. The van der Waals surface area contributed by atoms with Gasteiger partial charge in [-0.05, 0) is 93.9 Å². The molecule has 0 radical (unpaired) electrons.